The maximum absolute atomic E-state index is 12.7. The predicted molar refractivity (Wildman–Crippen MR) is 86.1 cm³/mol. The summed E-state index contributed by atoms with van der Waals surface area (Å²) in [6.07, 6.45) is 0.799. The van der Waals surface area contributed by atoms with E-state index in [0.29, 0.717) is 37.4 Å². The van der Waals surface area contributed by atoms with Crippen molar-refractivity contribution in [3.63, 3.8) is 0 Å². The Morgan fingerprint density at radius 2 is 1.76 bits per heavy atom. The van der Waals surface area contributed by atoms with Crippen LogP contribution in [0.3, 0.4) is 0 Å². The quantitative estimate of drug-likeness (QED) is 0.785. The van der Waals surface area contributed by atoms with Gasteiger partial charge < -0.3 is 15.5 Å². The third-order valence-electron chi connectivity index (χ3n) is 3.87. The number of rotatable bonds is 1. The van der Waals surface area contributed by atoms with E-state index in [1.54, 1.807) is 22.8 Å². The number of benzene rings is 1. The number of carbonyl (C=O) groups is 2. The molecule has 0 aromatic heterocycles. The molecule has 2 rings (SSSR count). The van der Waals surface area contributed by atoms with Crippen LogP contribution in [0, 0.1) is 6.92 Å². The molecule has 0 atom stereocenters. The molecule has 1 aromatic rings. The number of nitrogen functional groups attached to an aromatic ring is 1. The van der Waals surface area contributed by atoms with Gasteiger partial charge >= 0.3 is 0 Å². The van der Waals surface area contributed by atoms with Crippen LogP contribution in [0.5, 0.6) is 0 Å². The number of nitrogens with zero attached hydrogens (tertiary/aromatic N) is 2. The highest BCUT2D eigenvalue weighted by Gasteiger charge is 2.23. The van der Waals surface area contributed by atoms with Gasteiger partial charge in [0.25, 0.3) is 5.91 Å². The number of nitrogens with two attached hydrogens (primary N) is 1. The molecule has 0 radical (unpaired) electrons. The van der Waals surface area contributed by atoms with Gasteiger partial charge in [-0.25, -0.2) is 0 Å². The molecule has 114 valence electrons. The lowest BCUT2D eigenvalue weighted by molar-refractivity contribution is -0.128. The van der Waals surface area contributed by atoms with Crippen LogP contribution in [0.15, 0.2) is 16.6 Å². The van der Waals surface area contributed by atoms with Crippen LogP contribution in [0.1, 0.15) is 29.3 Å². The Morgan fingerprint density at radius 1 is 1.14 bits per heavy atom. The first kappa shape index (κ1) is 15.8. The molecule has 21 heavy (non-hydrogen) atoms. The van der Waals surface area contributed by atoms with Crippen LogP contribution < -0.4 is 5.73 Å². The minimum Gasteiger partial charge on any atom is -0.398 e. The van der Waals surface area contributed by atoms with Crippen molar-refractivity contribution in [1.29, 1.82) is 0 Å². The number of halogens is 1. The summed E-state index contributed by atoms with van der Waals surface area (Å²) in [6.45, 7) is 5.94. The molecule has 1 heterocycles. The molecule has 0 spiro atoms. The summed E-state index contributed by atoms with van der Waals surface area (Å²) in [5.74, 6) is 0.0399. The second-order valence-electron chi connectivity index (χ2n) is 5.32. The molecule has 6 heteroatoms. The lowest BCUT2D eigenvalue weighted by Gasteiger charge is -2.22. The molecule has 1 saturated heterocycles. The van der Waals surface area contributed by atoms with E-state index in [0.717, 1.165) is 16.5 Å². The first-order chi connectivity index (χ1) is 9.90. The molecule has 2 N–H and O–H groups in total. The van der Waals surface area contributed by atoms with E-state index in [1.165, 1.54) is 0 Å². The van der Waals surface area contributed by atoms with E-state index in [-0.39, 0.29) is 11.8 Å². The minimum atomic E-state index is -0.0223. The zero-order valence-electron chi connectivity index (χ0n) is 12.4. The topological polar surface area (TPSA) is 66.6 Å². The van der Waals surface area contributed by atoms with Gasteiger partial charge in [0, 0.05) is 48.8 Å². The molecule has 5 nitrogen and oxygen atoms in total. The van der Waals surface area contributed by atoms with Crippen LogP contribution in [-0.2, 0) is 4.79 Å². The maximum Gasteiger partial charge on any atom is 0.254 e. The smallest absolute Gasteiger partial charge is 0.254 e. The highest BCUT2D eigenvalue weighted by atomic mass is 79.9. The summed E-state index contributed by atoms with van der Waals surface area (Å²) in [5.41, 5.74) is 7.96. The van der Waals surface area contributed by atoms with Gasteiger partial charge in [0.05, 0.1) is 0 Å². The molecule has 1 aliphatic heterocycles. The fourth-order valence-corrected chi connectivity index (χ4v) is 3.00. The van der Waals surface area contributed by atoms with E-state index in [2.05, 4.69) is 15.9 Å². The van der Waals surface area contributed by atoms with Gasteiger partial charge in [0.15, 0.2) is 0 Å². The molecule has 0 saturated carbocycles. The number of hydrogen-bond donors (Lipinski definition) is 1. The van der Waals surface area contributed by atoms with E-state index in [9.17, 15) is 9.59 Å². The van der Waals surface area contributed by atoms with E-state index >= 15 is 0 Å². The number of carbonyl (C=O) groups excluding carboxylic acids is 2. The number of hydrogen-bond acceptors (Lipinski definition) is 3. The second kappa shape index (κ2) is 6.47. The monoisotopic (exact) mass is 353 g/mol. The molecule has 0 bridgehead atoms. The Kier molecular flexibility index (Phi) is 4.88. The molecule has 1 fully saturated rings. The normalized spacial score (nSPS) is 15.8. The first-order valence-electron chi connectivity index (χ1n) is 7.00. The molecule has 0 aliphatic carbocycles. The summed E-state index contributed by atoms with van der Waals surface area (Å²) < 4.78 is 0.800. The van der Waals surface area contributed by atoms with Crippen molar-refractivity contribution in [2.45, 2.75) is 20.3 Å². The van der Waals surface area contributed by atoms with Crippen molar-refractivity contribution in [2.24, 2.45) is 0 Å². The Balaban J connectivity index is 2.19. The summed E-state index contributed by atoms with van der Waals surface area (Å²) >= 11 is 3.38. The molecule has 2 amide bonds. The minimum absolute atomic E-state index is 0.0223. The van der Waals surface area contributed by atoms with Crippen LogP contribution in [0.4, 0.5) is 5.69 Å². The zero-order chi connectivity index (χ0) is 15.6. The lowest BCUT2D eigenvalue weighted by Crippen LogP contribution is -2.36. The first-order valence-corrected chi connectivity index (χ1v) is 7.80. The van der Waals surface area contributed by atoms with Gasteiger partial charge in [-0.05, 0) is 31.0 Å². The fourth-order valence-electron chi connectivity index (χ4n) is 2.53. The highest BCUT2D eigenvalue weighted by molar-refractivity contribution is 9.10. The van der Waals surface area contributed by atoms with Crippen LogP contribution >= 0.6 is 15.9 Å². The fraction of sp³-hybridized carbons (Fsp3) is 0.467. The van der Waals surface area contributed by atoms with Crippen molar-refractivity contribution in [3.05, 3.63) is 27.7 Å². The third-order valence-corrected chi connectivity index (χ3v) is 4.33. The summed E-state index contributed by atoms with van der Waals surface area (Å²) in [4.78, 5) is 27.7. The van der Waals surface area contributed by atoms with E-state index < -0.39 is 0 Å². The van der Waals surface area contributed by atoms with Gasteiger partial charge in [-0.3, -0.25) is 9.59 Å². The average molecular weight is 354 g/mol. The van der Waals surface area contributed by atoms with Crippen LogP contribution in [-0.4, -0.2) is 47.8 Å². The summed E-state index contributed by atoms with van der Waals surface area (Å²) in [5, 5.41) is 0. The maximum atomic E-state index is 12.7. The SMILES string of the molecule is CC(=O)N1CCCN(C(=O)c2cc(Br)cc(N)c2C)CC1. The van der Waals surface area contributed by atoms with Crippen molar-refractivity contribution < 1.29 is 9.59 Å². The molecule has 1 aliphatic rings. The van der Waals surface area contributed by atoms with Crippen molar-refractivity contribution in [3.8, 4) is 0 Å². The Hall–Kier alpha value is -1.56. The Labute approximate surface area is 133 Å². The molecule has 0 unspecified atom stereocenters. The van der Waals surface area contributed by atoms with Crippen LogP contribution in [0.2, 0.25) is 0 Å². The second-order valence-corrected chi connectivity index (χ2v) is 6.24. The van der Waals surface area contributed by atoms with Crippen molar-refractivity contribution in [2.75, 3.05) is 31.9 Å². The predicted octanol–water partition coefficient (Wildman–Crippen LogP) is 2.03. The summed E-state index contributed by atoms with van der Waals surface area (Å²) in [6, 6.07) is 3.60. The van der Waals surface area contributed by atoms with Crippen molar-refractivity contribution in [1.82, 2.24) is 9.80 Å². The van der Waals surface area contributed by atoms with Gasteiger partial charge in [0.2, 0.25) is 5.91 Å². The highest BCUT2D eigenvalue weighted by Crippen LogP contribution is 2.24. The molecular weight excluding hydrogens is 334 g/mol. The van der Waals surface area contributed by atoms with Crippen molar-refractivity contribution >= 4 is 33.4 Å². The summed E-state index contributed by atoms with van der Waals surface area (Å²) in [7, 11) is 0. The van der Waals surface area contributed by atoms with E-state index in [1.807, 2.05) is 13.0 Å². The number of anilines is 1. The molecular formula is C15H20BrN3O2. The zero-order valence-corrected chi connectivity index (χ0v) is 13.9. The lowest BCUT2D eigenvalue weighted by atomic mass is 10.1. The standard InChI is InChI=1S/C15H20BrN3O2/c1-10-13(8-12(16)9-14(10)17)15(21)19-5-3-4-18(6-7-19)11(2)20/h8-9H,3-7,17H2,1-2H3. The average Bonchev–Trinajstić information content (AvgIpc) is 2.68. The Morgan fingerprint density at radius 3 is 2.43 bits per heavy atom. The van der Waals surface area contributed by atoms with Gasteiger partial charge in [-0.15, -0.1) is 0 Å². The number of amides is 2. The van der Waals surface area contributed by atoms with Gasteiger partial charge in [-0.1, -0.05) is 15.9 Å². The van der Waals surface area contributed by atoms with Gasteiger partial charge in [-0.2, -0.15) is 0 Å². The van der Waals surface area contributed by atoms with Crippen LogP contribution in [0.25, 0.3) is 0 Å². The third kappa shape index (κ3) is 3.56. The Bertz CT molecular complexity index is 574. The largest absolute Gasteiger partial charge is 0.398 e. The van der Waals surface area contributed by atoms with E-state index in [4.69, 9.17) is 5.73 Å². The van der Waals surface area contributed by atoms with Gasteiger partial charge in [0.1, 0.15) is 0 Å². The molecule has 1 aromatic carbocycles.